The maximum Gasteiger partial charge on any atom is 0.387 e. The summed E-state index contributed by atoms with van der Waals surface area (Å²) in [7, 11) is 0. The maximum atomic E-state index is 12.2. The maximum absolute atomic E-state index is 12.2. The lowest BCUT2D eigenvalue weighted by molar-refractivity contribution is -0.0543. The van der Waals surface area contributed by atoms with Gasteiger partial charge in [-0.3, -0.25) is 0 Å². The average molecular weight is 295 g/mol. The first-order valence-corrected chi connectivity index (χ1v) is 5.89. The third-order valence-corrected chi connectivity index (χ3v) is 2.66. The molecule has 1 N–H and O–H groups in total. The molecule has 0 aliphatic heterocycles. The zero-order chi connectivity index (χ0) is 15.3. The molecule has 2 atom stereocenters. The quantitative estimate of drug-likeness (QED) is 0.781. The summed E-state index contributed by atoms with van der Waals surface area (Å²) in [6, 6.07) is 3.34. The fraction of sp³-hybridized carbons (Fsp3) is 0.462. The van der Waals surface area contributed by atoms with Gasteiger partial charge in [0.15, 0.2) is 0 Å². The monoisotopic (exact) mass is 295 g/mol. The lowest BCUT2D eigenvalue weighted by Crippen LogP contribution is -2.15. The Kier molecular flexibility index (Phi) is 6.06. The molecular formula is C13H15F4O3. The fourth-order valence-electron chi connectivity index (χ4n) is 1.66. The van der Waals surface area contributed by atoms with Crippen molar-refractivity contribution in [2.24, 2.45) is 0 Å². The molecule has 0 aliphatic rings. The molecule has 1 aromatic carbocycles. The minimum absolute atomic E-state index is 0.271. The van der Waals surface area contributed by atoms with Crippen LogP contribution in [0.1, 0.15) is 24.8 Å². The van der Waals surface area contributed by atoms with Gasteiger partial charge in [-0.05, 0) is 31.0 Å². The van der Waals surface area contributed by atoms with Crippen LogP contribution in [0.3, 0.4) is 0 Å². The average Bonchev–Trinajstić information content (AvgIpc) is 2.34. The van der Waals surface area contributed by atoms with E-state index in [0.717, 1.165) is 6.07 Å². The van der Waals surface area contributed by atoms with Crippen LogP contribution in [0.2, 0.25) is 0 Å². The Balaban J connectivity index is 3.08. The van der Waals surface area contributed by atoms with Crippen molar-refractivity contribution >= 4 is 0 Å². The predicted molar refractivity (Wildman–Crippen MR) is 64.1 cm³/mol. The predicted octanol–water partition coefficient (Wildman–Crippen LogP) is 3.58. The summed E-state index contributed by atoms with van der Waals surface area (Å²) in [6.45, 7) is -0.796. The molecule has 1 rings (SSSR count). The zero-order valence-corrected chi connectivity index (χ0v) is 10.7. The number of ether oxygens (including phenoxy) is 2. The van der Waals surface area contributed by atoms with Crippen LogP contribution in [0.15, 0.2) is 18.2 Å². The molecule has 0 aromatic heterocycles. The molecule has 20 heavy (non-hydrogen) atoms. The molecule has 1 radical (unpaired) electrons. The van der Waals surface area contributed by atoms with Crippen molar-refractivity contribution in [3.63, 3.8) is 0 Å². The topological polar surface area (TPSA) is 38.7 Å². The van der Waals surface area contributed by atoms with Gasteiger partial charge in [-0.1, -0.05) is 6.92 Å². The Morgan fingerprint density at radius 1 is 1.05 bits per heavy atom. The summed E-state index contributed by atoms with van der Waals surface area (Å²) in [6.07, 6.45) is -0.463. The number of alkyl halides is 4. The van der Waals surface area contributed by atoms with Gasteiger partial charge in [0.05, 0.1) is 6.10 Å². The van der Waals surface area contributed by atoms with E-state index in [9.17, 15) is 22.7 Å². The molecule has 3 nitrogen and oxygen atoms in total. The van der Waals surface area contributed by atoms with E-state index >= 15 is 0 Å². The van der Waals surface area contributed by atoms with Crippen molar-refractivity contribution < 1.29 is 32.1 Å². The second-order valence-electron chi connectivity index (χ2n) is 4.08. The van der Waals surface area contributed by atoms with Crippen molar-refractivity contribution in [1.82, 2.24) is 0 Å². The van der Waals surface area contributed by atoms with Gasteiger partial charge in [0.1, 0.15) is 11.5 Å². The van der Waals surface area contributed by atoms with Crippen LogP contribution in [0.25, 0.3) is 0 Å². The highest BCUT2D eigenvalue weighted by molar-refractivity contribution is 5.40. The second kappa shape index (κ2) is 7.33. The van der Waals surface area contributed by atoms with E-state index in [-0.39, 0.29) is 17.1 Å². The molecule has 0 heterocycles. The van der Waals surface area contributed by atoms with Crippen LogP contribution in [-0.2, 0) is 0 Å². The van der Waals surface area contributed by atoms with Crippen LogP contribution in [0, 0.1) is 6.92 Å². The van der Waals surface area contributed by atoms with Crippen LogP contribution in [-0.4, -0.2) is 24.4 Å². The number of hydrogen-bond donors (Lipinski definition) is 1. The van der Waals surface area contributed by atoms with E-state index in [1.807, 2.05) is 0 Å². The van der Waals surface area contributed by atoms with Crippen LogP contribution in [0.5, 0.6) is 11.5 Å². The fourth-order valence-corrected chi connectivity index (χ4v) is 1.66. The van der Waals surface area contributed by atoms with Crippen molar-refractivity contribution in [1.29, 1.82) is 0 Å². The SMILES string of the molecule is [CH2]C(c1cc(OC(F)F)cc(OC(F)F)c1)C(O)CC. The highest BCUT2D eigenvalue weighted by Gasteiger charge is 2.18. The third-order valence-electron chi connectivity index (χ3n) is 2.66. The highest BCUT2D eigenvalue weighted by atomic mass is 19.3. The molecule has 0 saturated heterocycles. The van der Waals surface area contributed by atoms with Gasteiger partial charge >= 0.3 is 13.2 Å². The molecule has 0 fully saturated rings. The lowest BCUT2D eigenvalue weighted by Gasteiger charge is -2.19. The first-order chi connectivity index (χ1) is 9.33. The second-order valence-corrected chi connectivity index (χ2v) is 4.08. The summed E-state index contributed by atoms with van der Waals surface area (Å²) in [4.78, 5) is 0. The molecule has 0 amide bonds. The lowest BCUT2D eigenvalue weighted by atomic mass is 9.93. The molecule has 0 spiro atoms. The molecule has 0 saturated carbocycles. The van der Waals surface area contributed by atoms with Crippen molar-refractivity contribution in [3.05, 3.63) is 30.7 Å². The first kappa shape index (κ1) is 16.6. The van der Waals surface area contributed by atoms with Gasteiger partial charge < -0.3 is 14.6 Å². The van der Waals surface area contributed by atoms with Gasteiger partial charge in [-0.2, -0.15) is 17.6 Å². The number of hydrogen-bond acceptors (Lipinski definition) is 3. The Morgan fingerprint density at radius 3 is 1.85 bits per heavy atom. The zero-order valence-electron chi connectivity index (χ0n) is 10.7. The molecule has 113 valence electrons. The van der Waals surface area contributed by atoms with Crippen LogP contribution < -0.4 is 9.47 Å². The van der Waals surface area contributed by atoms with E-state index in [0.29, 0.717) is 6.42 Å². The molecular weight excluding hydrogens is 280 g/mol. The van der Waals surface area contributed by atoms with Gasteiger partial charge in [-0.25, -0.2) is 0 Å². The van der Waals surface area contributed by atoms with Crippen molar-refractivity contribution in [3.8, 4) is 11.5 Å². The Bertz CT molecular complexity index is 398. The number of aliphatic hydroxyl groups excluding tert-OH is 1. The van der Waals surface area contributed by atoms with Gasteiger partial charge in [0, 0.05) is 12.0 Å². The summed E-state index contributed by atoms with van der Waals surface area (Å²) in [5.74, 6) is -1.34. The molecule has 0 bridgehead atoms. The Morgan fingerprint density at radius 2 is 1.50 bits per heavy atom. The third kappa shape index (κ3) is 4.88. The van der Waals surface area contributed by atoms with Crippen molar-refractivity contribution in [2.75, 3.05) is 0 Å². The van der Waals surface area contributed by atoms with Gasteiger partial charge in [-0.15, -0.1) is 0 Å². The van der Waals surface area contributed by atoms with Gasteiger partial charge in [0.25, 0.3) is 0 Å². The van der Waals surface area contributed by atoms with E-state index < -0.39 is 25.2 Å². The van der Waals surface area contributed by atoms with E-state index in [2.05, 4.69) is 16.4 Å². The smallest absolute Gasteiger partial charge is 0.387 e. The number of halogens is 4. The summed E-state index contributed by atoms with van der Waals surface area (Å²) >= 11 is 0. The first-order valence-electron chi connectivity index (χ1n) is 5.89. The normalized spacial score (nSPS) is 14.4. The Labute approximate surface area is 114 Å². The molecule has 1 aromatic rings. The summed E-state index contributed by atoms with van der Waals surface area (Å²) < 4.78 is 57.1. The summed E-state index contributed by atoms with van der Waals surface area (Å²) in [5.41, 5.74) is 0.271. The minimum Gasteiger partial charge on any atom is -0.435 e. The molecule has 2 unspecified atom stereocenters. The summed E-state index contributed by atoms with van der Waals surface area (Å²) in [5, 5.41) is 9.69. The van der Waals surface area contributed by atoms with Crippen LogP contribution in [0.4, 0.5) is 17.6 Å². The van der Waals surface area contributed by atoms with Crippen LogP contribution >= 0.6 is 0 Å². The van der Waals surface area contributed by atoms with E-state index in [1.54, 1.807) is 6.92 Å². The van der Waals surface area contributed by atoms with Crippen molar-refractivity contribution in [2.45, 2.75) is 38.6 Å². The minimum atomic E-state index is -3.09. The molecule has 7 heteroatoms. The number of rotatable bonds is 7. The molecule has 0 aliphatic carbocycles. The highest BCUT2D eigenvalue weighted by Crippen LogP contribution is 2.31. The number of aliphatic hydroxyl groups is 1. The van der Waals surface area contributed by atoms with Gasteiger partial charge in [0.2, 0.25) is 0 Å². The largest absolute Gasteiger partial charge is 0.435 e. The standard InChI is InChI=1S/C13H15F4O3/c1-3-11(18)7(2)8-4-9(19-12(14)15)6-10(5-8)20-13(16)17/h4-7,11-13,18H,2-3H2,1H3. The van der Waals surface area contributed by atoms with E-state index in [1.165, 1.54) is 12.1 Å². The van der Waals surface area contributed by atoms with E-state index in [4.69, 9.17) is 0 Å². The Hall–Kier alpha value is -1.50. The number of benzene rings is 1.